The van der Waals surface area contributed by atoms with Gasteiger partial charge in [-0.2, -0.15) is 0 Å². The summed E-state index contributed by atoms with van der Waals surface area (Å²) >= 11 is 12.1. The van der Waals surface area contributed by atoms with E-state index < -0.39 is 0 Å². The predicted molar refractivity (Wildman–Crippen MR) is 78.8 cm³/mol. The zero-order valence-electron chi connectivity index (χ0n) is 10.7. The molecule has 1 aliphatic rings. The van der Waals surface area contributed by atoms with Crippen molar-refractivity contribution >= 4 is 29.1 Å². The number of halogens is 2. The number of hydrogen-bond acceptors (Lipinski definition) is 2. The van der Waals surface area contributed by atoms with Crippen LogP contribution in [0.25, 0.3) is 0 Å². The third-order valence-electron chi connectivity index (χ3n) is 3.57. The molecule has 1 saturated heterocycles. The Morgan fingerprint density at radius 1 is 1.37 bits per heavy atom. The van der Waals surface area contributed by atoms with E-state index in [1.807, 2.05) is 4.90 Å². The molecule has 0 bridgehead atoms. The molecule has 2 rings (SSSR count). The van der Waals surface area contributed by atoms with E-state index in [-0.39, 0.29) is 11.9 Å². The number of likely N-dealkylation sites (tertiary alicyclic amines) is 1. The number of piperidine rings is 1. The quantitative estimate of drug-likeness (QED) is 0.930. The van der Waals surface area contributed by atoms with Crippen LogP contribution >= 0.6 is 23.2 Å². The molecular weight excluding hydrogens is 283 g/mol. The van der Waals surface area contributed by atoms with Gasteiger partial charge >= 0.3 is 0 Å². The van der Waals surface area contributed by atoms with Gasteiger partial charge in [-0.1, -0.05) is 29.3 Å². The molecule has 0 spiro atoms. The topological polar surface area (TPSA) is 46.3 Å². The van der Waals surface area contributed by atoms with Gasteiger partial charge in [-0.25, -0.2) is 0 Å². The molecule has 1 amide bonds. The van der Waals surface area contributed by atoms with Crippen molar-refractivity contribution in [3.05, 3.63) is 33.8 Å². The van der Waals surface area contributed by atoms with Crippen LogP contribution in [0.1, 0.15) is 36.0 Å². The van der Waals surface area contributed by atoms with E-state index in [0.717, 1.165) is 32.2 Å². The minimum Gasteiger partial charge on any atom is -0.336 e. The Kier molecular flexibility index (Phi) is 5.08. The Morgan fingerprint density at radius 3 is 2.89 bits per heavy atom. The molecule has 1 heterocycles. The van der Waals surface area contributed by atoms with E-state index in [4.69, 9.17) is 28.9 Å². The first-order chi connectivity index (χ1) is 9.15. The smallest absolute Gasteiger partial charge is 0.255 e. The molecule has 1 aromatic carbocycles. The summed E-state index contributed by atoms with van der Waals surface area (Å²) < 4.78 is 0. The first kappa shape index (κ1) is 14.6. The average molecular weight is 301 g/mol. The van der Waals surface area contributed by atoms with E-state index in [2.05, 4.69) is 0 Å². The van der Waals surface area contributed by atoms with Crippen LogP contribution in [0.3, 0.4) is 0 Å². The summed E-state index contributed by atoms with van der Waals surface area (Å²) in [4.78, 5) is 14.5. The highest BCUT2D eigenvalue weighted by Crippen LogP contribution is 2.29. The molecule has 19 heavy (non-hydrogen) atoms. The molecule has 1 aromatic rings. The molecule has 2 N–H and O–H groups in total. The standard InChI is InChI=1S/C14H18Cl2N2O/c15-12-6-3-5-11(13(12)16)14(19)18-9-2-1-4-10(18)7-8-17/h3,5-6,10H,1-2,4,7-9,17H2. The zero-order valence-corrected chi connectivity index (χ0v) is 12.3. The van der Waals surface area contributed by atoms with Gasteiger partial charge in [-0.15, -0.1) is 0 Å². The molecule has 1 unspecified atom stereocenters. The maximum Gasteiger partial charge on any atom is 0.255 e. The fraction of sp³-hybridized carbons (Fsp3) is 0.500. The van der Waals surface area contributed by atoms with E-state index in [1.54, 1.807) is 18.2 Å². The van der Waals surface area contributed by atoms with Crippen molar-refractivity contribution in [2.45, 2.75) is 31.7 Å². The Morgan fingerprint density at radius 2 is 2.16 bits per heavy atom. The summed E-state index contributed by atoms with van der Waals surface area (Å²) in [6, 6.07) is 5.39. The predicted octanol–water partition coefficient (Wildman–Crippen LogP) is 3.34. The number of carbonyl (C=O) groups is 1. The largest absolute Gasteiger partial charge is 0.336 e. The van der Waals surface area contributed by atoms with Gasteiger partial charge in [-0.05, 0) is 44.4 Å². The second kappa shape index (κ2) is 6.60. The fourth-order valence-corrected chi connectivity index (χ4v) is 2.97. The molecule has 5 heteroatoms. The van der Waals surface area contributed by atoms with Crippen LogP contribution in [0.15, 0.2) is 18.2 Å². The summed E-state index contributed by atoms with van der Waals surface area (Å²) in [5.41, 5.74) is 6.11. The third-order valence-corrected chi connectivity index (χ3v) is 4.39. The number of hydrogen-bond donors (Lipinski definition) is 1. The van der Waals surface area contributed by atoms with Crippen LogP contribution in [0.4, 0.5) is 0 Å². The van der Waals surface area contributed by atoms with Gasteiger partial charge in [0.25, 0.3) is 5.91 Å². The van der Waals surface area contributed by atoms with Gasteiger partial charge in [0.15, 0.2) is 0 Å². The van der Waals surface area contributed by atoms with Crippen molar-refractivity contribution in [1.82, 2.24) is 4.90 Å². The highest BCUT2D eigenvalue weighted by atomic mass is 35.5. The lowest BCUT2D eigenvalue weighted by atomic mass is 9.98. The number of amides is 1. The molecule has 3 nitrogen and oxygen atoms in total. The Hall–Kier alpha value is -0.770. The molecule has 1 aliphatic heterocycles. The van der Waals surface area contributed by atoms with Crippen LogP contribution in [0.2, 0.25) is 10.0 Å². The Balaban J connectivity index is 2.23. The maximum atomic E-state index is 12.6. The van der Waals surface area contributed by atoms with Crippen LogP contribution in [0, 0.1) is 0 Å². The van der Waals surface area contributed by atoms with Crippen molar-refractivity contribution in [1.29, 1.82) is 0 Å². The molecular formula is C14H18Cl2N2O. The van der Waals surface area contributed by atoms with Crippen LogP contribution < -0.4 is 5.73 Å². The minimum absolute atomic E-state index is 0.0364. The zero-order chi connectivity index (χ0) is 13.8. The Labute approximate surface area is 123 Å². The van der Waals surface area contributed by atoms with Crippen LogP contribution in [0.5, 0.6) is 0 Å². The van der Waals surface area contributed by atoms with Crippen LogP contribution in [-0.4, -0.2) is 29.9 Å². The van der Waals surface area contributed by atoms with Crippen molar-refractivity contribution in [3.63, 3.8) is 0 Å². The van der Waals surface area contributed by atoms with Gasteiger partial charge < -0.3 is 10.6 Å². The van der Waals surface area contributed by atoms with Crippen LogP contribution in [-0.2, 0) is 0 Å². The molecule has 0 radical (unpaired) electrons. The fourth-order valence-electron chi connectivity index (χ4n) is 2.58. The summed E-state index contributed by atoms with van der Waals surface area (Å²) in [5.74, 6) is -0.0364. The number of rotatable bonds is 3. The molecule has 0 aromatic heterocycles. The van der Waals surface area contributed by atoms with Crippen molar-refractivity contribution in [2.24, 2.45) is 5.73 Å². The second-order valence-electron chi connectivity index (χ2n) is 4.83. The summed E-state index contributed by atoms with van der Waals surface area (Å²) in [6.07, 6.45) is 4.04. The second-order valence-corrected chi connectivity index (χ2v) is 5.61. The van der Waals surface area contributed by atoms with E-state index in [9.17, 15) is 4.79 Å². The molecule has 1 atom stereocenters. The lowest BCUT2D eigenvalue weighted by Gasteiger charge is -2.36. The molecule has 0 saturated carbocycles. The van der Waals surface area contributed by atoms with Gasteiger partial charge in [0, 0.05) is 12.6 Å². The van der Waals surface area contributed by atoms with Gasteiger partial charge in [-0.3, -0.25) is 4.79 Å². The summed E-state index contributed by atoms with van der Waals surface area (Å²) in [7, 11) is 0. The van der Waals surface area contributed by atoms with E-state index >= 15 is 0 Å². The average Bonchev–Trinajstić information content (AvgIpc) is 2.42. The van der Waals surface area contributed by atoms with E-state index in [0.29, 0.717) is 22.2 Å². The van der Waals surface area contributed by atoms with Gasteiger partial charge in [0.2, 0.25) is 0 Å². The lowest BCUT2D eigenvalue weighted by molar-refractivity contribution is 0.0605. The molecule has 1 fully saturated rings. The molecule has 0 aliphatic carbocycles. The number of benzene rings is 1. The Bertz CT molecular complexity index is 463. The van der Waals surface area contributed by atoms with Crippen molar-refractivity contribution in [2.75, 3.05) is 13.1 Å². The van der Waals surface area contributed by atoms with Gasteiger partial charge in [0.05, 0.1) is 15.6 Å². The van der Waals surface area contributed by atoms with E-state index in [1.165, 1.54) is 0 Å². The molecule has 104 valence electrons. The third kappa shape index (κ3) is 3.22. The van der Waals surface area contributed by atoms with Crippen molar-refractivity contribution < 1.29 is 4.79 Å². The maximum absolute atomic E-state index is 12.6. The highest BCUT2D eigenvalue weighted by Gasteiger charge is 2.28. The lowest BCUT2D eigenvalue weighted by Crippen LogP contribution is -2.44. The number of nitrogens with two attached hydrogens (primary N) is 1. The monoisotopic (exact) mass is 300 g/mol. The summed E-state index contributed by atoms with van der Waals surface area (Å²) in [6.45, 7) is 1.37. The number of nitrogens with zero attached hydrogens (tertiary/aromatic N) is 1. The van der Waals surface area contributed by atoms with Gasteiger partial charge in [0.1, 0.15) is 0 Å². The minimum atomic E-state index is -0.0364. The number of carbonyl (C=O) groups excluding carboxylic acids is 1. The first-order valence-corrected chi connectivity index (χ1v) is 7.35. The first-order valence-electron chi connectivity index (χ1n) is 6.60. The normalized spacial score (nSPS) is 19.5. The summed E-state index contributed by atoms with van der Waals surface area (Å²) in [5, 5.41) is 0.756. The van der Waals surface area contributed by atoms with Crippen molar-refractivity contribution in [3.8, 4) is 0 Å². The SMILES string of the molecule is NCCC1CCCCN1C(=O)c1cccc(Cl)c1Cl. The highest BCUT2D eigenvalue weighted by molar-refractivity contribution is 6.43.